The first-order chi connectivity index (χ1) is 14.6. The van der Waals surface area contributed by atoms with Crippen molar-refractivity contribution in [1.29, 1.82) is 0 Å². The van der Waals surface area contributed by atoms with E-state index in [4.69, 9.17) is 20.8 Å². The Kier molecular flexibility index (Phi) is 10.1. The predicted octanol–water partition coefficient (Wildman–Crippen LogP) is 4.71. The number of rotatable bonds is 8. The van der Waals surface area contributed by atoms with Crippen LogP contribution < -0.4 is 15.4 Å². The number of nitrogens with zero attached hydrogens (tertiary/aromatic N) is 2. The maximum Gasteiger partial charge on any atom is 0.226 e. The van der Waals surface area contributed by atoms with Crippen LogP contribution in [0.4, 0.5) is 4.39 Å². The molecule has 2 N–H and O–H groups in total. The lowest BCUT2D eigenvalue weighted by Crippen LogP contribution is -2.39. The van der Waals surface area contributed by atoms with Crippen LogP contribution in [0.5, 0.6) is 5.75 Å². The topological polar surface area (TPSA) is 71.7 Å². The van der Waals surface area contributed by atoms with E-state index in [0.29, 0.717) is 36.4 Å². The zero-order valence-electron chi connectivity index (χ0n) is 17.3. The van der Waals surface area contributed by atoms with Crippen molar-refractivity contribution in [2.45, 2.75) is 12.8 Å². The highest BCUT2D eigenvalue weighted by Gasteiger charge is 2.08. The van der Waals surface area contributed by atoms with Crippen molar-refractivity contribution in [1.82, 2.24) is 15.6 Å². The van der Waals surface area contributed by atoms with Crippen LogP contribution >= 0.6 is 35.6 Å². The van der Waals surface area contributed by atoms with Crippen LogP contribution in [0.1, 0.15) is 11.3 Å². The third-order valence-corrected chi connectivity index (χ3v) is 4.84. The molecule has 0 aliphatic carbocycles. The fourth-order valence-electron chi connectivity index (χ4n) is 2.85. The van der Waals surface area contributed by atoms with E-state index in [0.717, 1.165) is 29.0 Å². The van der Waals surface area contributed by atoms with Crippen LogP contribution in [0.3, 0.4) is 0 Å². The van der Waals surface area contributed by atoms with Gasteiger partial charge in [0.25, 0.3) is 0 Å². The molecule has 31 heavy (non-hydrogen) atoms. The lowest BCUT2D eigenvalue weighted by Gasteiger charge is -2.12. The Morgan fingerprint density at radius 2 is 1.84 bits per heavy atom. The fourth-order valence-corrected chi connectivity index (χ4v) is 3.11. The minimum atomic E-state index is -0.289. The minimum absolute atomic E-state index is 0. The summed E-state index contributed by atoms with van der Waals surface area (Å²) in [6.07, 6.45) is 3.03. The van der Waals surface area contributed by atoms with Crippen molar-refractivity contribution >= 4 is 41.5 Å². The molecule has 0 saturated heterocycles. The Labute approximate surface area is 203 Å². The van der Waals surface area contributed by atoms with Crippen LogP contribution in [-0.4, -0.2) is 38.2 Å². The molecule has 0 atom stereocenters. The average molecular weight is 559 g/mol. The van der Waals surface area contributed by atoms with Gasteiger partial charge in [-0.2, -0.15) is 0 Å². The summed E-state index contributed by atoms with van der Waals surface area (Å²) in [6.45, 7) is 1.32. The van der Waals surface area contributed by atoms with Crippen molar-refractivity contribution < 1.29 is 13.5 Å². The second-order valence-corrected chi connectivity index (χ2v) is 6.94. The summed E-state index contributed by atoms with van der Waals surface area (Å²) in [5.74, 6) is 1.62. The van der Waals surface area contributed by atoms with Gasteiger partial charge in [-0.1, -0.05) is 17.7 Å². The summed E-state index contributed by atoms with van der Waals surface area (Å²) >= 11 is 6.27. The Morgan fingerprint density at radius 1 is 1.13 bits per heavy atom. The molecule has 0 saturated carbocycles. The maximum absolute atomic E-state index is 13.0. The number of aliphatic imine (C=N–C) groups is 1. The molecular formula is C22H25ClFIN4O2. The third-order valence-electron chi connectivity index (χ3n) is 4.49. The van der Waals surface area contributed by atoms with Crippen molar-refractivity contribution in [3.8, 4) is 17.2 Å². The molecule has 6 nitrogen and oxygen atoms in total. The van der Waals surface area contributed by atoms with Gasteiger partial charge in [0.2, 0.25) is 5.89 Å². The smallest absolute Gasteiger partial charge is 0.226 e. The molecule has 1 aromatic heterocycles. The van der Waals surface area contributed by atoms with Gasteiger partial charge in [-0.3, -0.25) is 4.99 Å². The maximum atomic E-state index is 13.0. The molecule has 0 bridgehead atoms. The molecule has 0 spiro atoms. The van der Waals surface area contributed by atoms with Gasteiger partial charge in [-0.25, -0.2) is 9.37 Å². The SMILES string of the molecule is CN=C(NCCc1coc(-c2ccc(F)cc2)n1)NCCc1ccc(OC)cc1Cl.I. The van der Waals surface area contributed by atoms with Gasteiger partial charge in [0.15, 0.2) is 5.96 Å². The quantitative estimate of drug-likeness (QED) is 0.238. The number of ether oxygens (including phenoxy) is 1. The highest BCUT2D eigenvalue weighted by Crippen LogP contribution is 2.22. The molecule has 0 aliphatic rings. The van der Waals surface area contributed by atoms with Crippen molar-refractivity contribution in [3.05, 3.63) is 70.8 Å². The van der Waals surface area contributed by atoms with Crippen LogP contribution in [0.2, 0.25) is 5.02 Å². The van der Waals surface area contributed by atoms with Gasteiger partial charge in [0.05, 0.1) is 12.8 Å². The Morgan fingerprint density at radius 3 is 2.48 bits per heavy atom. The van der Waals surface area contributed by atoms with Crippen molar-refractivity contribution in [3.63, 3.8) is 0 Å². The summed E-state index contributed by atoms with van der Waals surface area (Å²) in [5.41, 5.74) is 2.59. The van der Waals surface area contributed by atoms with E-state index >= 15 is 0 Å². The summed E-state index contributed by atoms with van der Waals surface area (Å²) in [5, 5.41) is 7.20. The molecule has 9 heteroatoms. The van der Waals surface area contributed by atoms with Crippen LogP contribution in [-0.2, 0) is 12.8 Å². The van der Waals surface area contributed by atoms with Crippen molar-refractivity contribution in [2.75, 3.05) is 27.2 Å². The molecule has 3 rings (SSSR count). The Balaban J connectivity index is 0.00000341. The number of oxazole rings is 1. The number of guanidine groups is 1. The molecule has 2 aromatic carbocycles. The summed E-state index contributed by atoms with van der Waals surface area (Å²) in [6, 6.07) is 11.7. The van der Waals surface area contributed by atoms with Crippen molar-refractivity contribution in [2.24, 2.45) is 4.99 Å². The third kappa shape index (κ3) is 7.39. The largest absolute Gasteiger partial charge is 0.497 e. The van der Waals surface area contributed by atoms with Gasteiger partial charge in [-0.15, -0.1) is 24.0 Å². The molecule has 0 aliphatic heterocycles. The standard InChI is InChI=1S/C22H24ClFN4O2.HI/c1-25-22(26-11-9-15-5-8-19(29-2)13-20(15)23)27-12-10-18-14-30-21(28-18)16-3-6-17(24)7-4-16;/h3-8,13-14H,9-12H2,1-2H3,(H2,25,26,27);1H. The monoisotopic (exact) mass is 558 g/mol. The zero-order valence-corrected chi connectivity index (χ0v) is 20.4. The van der Waals surface area contributed by atoms with E-state index in [1.807, 2.05) is 18.2 Å². The number of nitrogens with one attached hydrogen (secondary N) is 2. The van der Waals surface area contributed by atoms with E-state index in [-0.39, 0.29) is 29.8 Å². The van der Waals surface area contributed by atoms with E-state index in [1.54, 1.807) is 32.6 Å². The first kappa shape index (κ1) is 24.9. The lowest BCUT2D eigenvalue weighted by atomic mass is 10.1. The number of methoxy groups -OCH3 is 1. The molecule has 1 heterocycles. The second kappa shape index (κ2) is 12.5. The molecule has 3 aromatic rings. The average Bonchev–Trinajstić information content (AvgIpc) is 3.23. The van der Waals surface area contributed by atoms with E-state index in [1.165, 1.54) is 12.1 Å². The predicted molar refractivity (Wildman–Crippen MR) is 132 cm³/mol. The second-order valence-electron chi connectivity index (χ2n) is 6.53. The minimum Gasteiger partial charge on any atom is -0.497 e. The van der Waals surface area contributed by atoms with Crippen LogP contribution in [0.25, 0.3) is 11.5 Å². The Bertz CT molecular complexity index is 995. The molecular weight excluding hydrogens is 534 g/mol. The normalized spacial score (nSPS) is 11.0. The lowest BCUT2D eigenvalue weighted by molar-refractivity contribution is 0.414. The van der Waals surface area contributed by atoms with Gasteiger partial charge < -0.3 is 19.8 Å². The highest BCUT2D eigenvalue weighted by atomic mass is 127. The van der Waals surface area contributed by atoms with Gasteiger partial charge >= 0.3 is 0 Å². The molecule has 0 unspecified atom stereocenters. The summed E-state index contributed by atoms with van der Waals surface area (Å²) < 4.78 is 23.7. The number of hydrogen-bond donors (Lipinski definition) is 2. The van der Waals surface area contributed by atoms with Gasteiger partial charge in [0, 0.05) is 37.1 Å². The first-order valence-corrected chi connectivity index (χ1v) is 9.94. The summed E-state index contributed by atoms with van der Waals surface area (Å²) in [4.78, 5) is 8.67. The first-order valence-electron chi connectivity index (χ1n) is 9.56. The zero-order chi connectivity index (χ0) is 21.3. The number of hydrogen-bond acceptors (Lipinski definition) is 4. The number of aromatic nitrogens is 1. The Hall–Kier alpha value is -2.33. The molecule has 0 amide bonds. The van der Waals surface area contributed by atoms with Gasteiger partial charge in [0.1, 0.15) is 17.8 Å². The van der Waals surface area contributed by atoms with E-state index in [9.17, 15) is 4.39 Å². The van der Waals surface area contributed by atoms with Gasteiger partial charge in [-0.05, 0) is 48.4 Å². The van der Waals surface area contributed by atoms with Crippen LogP contribution in [0.15, 0.2) is 58.1 Å². The number of halogens is 3. The molecule has 0 fully saturated rings. The highest BCUT2D eigenvalue weighted by molar-refractivity contribution is 14.0. The summed E-state index contributed by atoms with van der Waals surface area (Å²) in [7, 11) is 3.34. The molecule has 0 radical (unpaired) electrons. The van der Waals surface area contributed by atoms with E-state index < -0.39 is 0 Å². The number of benzene rings is 2. The fraction of sp³-hybridized carbons (Fsp3) is 0.273. The molecule has 166 valence electrons. The van der Waals surface area contributed by atoms with E-state index in [2.05, 4.69) is 20.6 Å². The van der Waals surface area contributed by atoms with Crippen LogP contribution in [0, 0.1) is 5.82 Å².